The number of benzene rings is 1. The SMILES string of the molecule is O=C(NCCCCCCI)c1ccc(Cl)cc1[N+](=O)[O-]. The zero-order chi connectivity index (χ0) is 15.0. The first-order valence-corrected chi connectivity index (χ1v) is 8.24. The summed E-state index contributed by atoms with van der Waals surface area (Å²) in [6.07, 6.45) is 4.24. The summed E-state index contributed by atoms with van der Waals surface area (Å²) in [6.45, 7) is 0.528. The molecular formula is C13H16ClIN2O3. The maximum absolute atomic E-state index is 11.9. The van der Waals surface area contributed by atoms with Gasteiger partial charge in [0.05, 0.1) is 4.92 Å². The first-order valence-electron chi connectivity index (χ1n) is 6.34. The summed E-state index contributed by atoms with van der Waals surface area (Å²) in [5.74, 6) is -0.428. The molecule has 0 aromatic heterocycles. The second-order valence-electron chi connectivity index (χ2n) is 4.28. The minimum absolute atomic E-state index is 0.0478. The van der Waals surface area contributed by atoms with E-state index in [-0.39, 0.29) is 16.3 Å². The van der Waals surface area contributed by atoms with Crippen LogP contribution in [0.5, 0.6) is 0 Å². The molecule has 1 rings (SSSR count). The first-order chi connectivity index (χ1) is 9.56. The van der Waals surface area contributed by atoms with Crippen LogP contribution in [0.3, 0.4) is 0 Å². The lowest BCUT2D eigenvalue weighted by Gasteiger charge is -2.06. The molecule has 0 bridgehead atoms. The van der Waals surface area contributed by atoms with Crippen LogP contribution in [-0.2, 0) is 0 Å². The van der Waals surface area contributed by atoms with Gasteiger partial charge in [-0.3, -0.25) is 14.9 Å². The van der Waals surface area contributed by atoms with E-state index in [0.29, 0.717) is 6.54 Å². The van der Waals surface area contributed by atoms with Crippen LogP contribution in [0.1, 0.15) is 36.0 Å². The number of rotatable bonds is 8. The molecule has 1 aromatic carbocycles. The number of alkyl halides is 1. The number of carbonyl (C=O) groups is 1. The monoisotopic (exact) mass is 410 g/mol. The molecule has 0 atom stereocenters. The molecule has 1 aromatic rings. The molecular weight excluding hydrogens is 395 g/mol. The molecule has 0 aliphatic rings. The van der Waals surface area contributed by atoms with Crippen molar-refractivity contribution >= 4 is 45.8 Å². The van der Waals surface area contributed by atoms with E-state index in [4.69, 9.17) is 11.6 Å². The lowest BCUT2D eigenvalue weighted by Crippen LogP contribution is -2.25. The highest BCUT2D eigenvalue weighted by Gasteiger charge is 2.19. The van der Waals surface area contributed by atoms with Crippen molar-refractivity contribution in [3.05, 3.63) is 38.9 Å². The Morgan fingerprint density at radius 1 is 1.30 bits per heavy atom. The number of amides is 1. The Bertz CT molecular complexity index is 483. The Hall–Kier alpha value is -0.890. The van der Waals surface area contributed by atoms with Crippen LogP contribution in [0.25, 0.3) is 0 Å². The van der Waals surface area contributed by atoms with E-state index in [9.17, 15) is 14.9 Å². The molecule has 1 N–H and O–H groups in total. The lowest BCUT2D eigenvalue weighted by molar-refractivity contribution is -0.385. The van der Waals surface area contributed by atoms with Gasteiger partial charge in [-0.25, -0.2) is 0 Å². The third-order valence-electron chi connectivity index (χ3n) is 2.75. The van der Waals surface area contributed by atoms with Crippen LogP contribution in [-0.4, -0.2) is 21.8 Å². The number of unbranched alkanes of at least 4 members (excludes halogenated alkanes) is 3. The van der Waals surface area contributed by atoms with Crippen LogP contribution >= 0.6 is 34.2 Å². The van der Waals surface area contributed by atoms with E-state index in [0.717, 1.165) is 23.7 Å². The van der Waals surface area contributed by atoms with Crippen molar-refractivity contribution in [3.63, 3.8) is 0 Å². The van der Waals surface area contributed by atoms with Gasteiger partial charge in [0.25, 0.3) is 11.6 Å². The van der Waals surface area contributed by atoms with Crippen molar-refractivity contribution in [1.82, 2.24) is 5.32 Å². The number of halogens is 2. The maximum atomic E-state index is 11.9. The van der Waals surface area contributed by atoms with Gasteiger partial charge in [0.1, 0.15) is 5.56 Å². The number of hydrogen-bond donors (Lipinski definition) is 1. The molecule has 0 saturated heterocycles. The van der Waals surface area contributed by atoms with Crippen molar-refractivity contribution in [2.24, 2.45) is 0 Å². The molecule has 0 aliphatic carbocycles. The van der Waals surface area contributed by atoms with Gasteiger partial charge >= 0.3 is 0 Å². The Kier molecular flexibility index (Phi) is 7.83. The molecule has 0 fully saturated rings. The summed E-state index contributed by atoms with van der Waals surface area (Å²) in [6, 6.07) is 4.05. The van der Waals surface area contributed by atoms with Crippen LogP contribution in [0.4, 0.5) is 5.69 Å². The Balaban J connectivity index is 2.53. The number of nitro groups is 1. The Morgan fingerprint density at radius 3 is 2.65 bits per heavy atom. The normalized spacial score (nSPS) is 10.3. The quantitative estimate of drug-likeness (QED) is 0.232. The molecule has 5 nitrogen and oxygen atoms in total. The lowest BCUT2D eigenvalue weighted by atomic mass is 10.1. The number of carbonyl (C=O) groups excluding carboxylic acids is 1. The van der Waals surface area contributed by atoms with E-state index in [1.54, 1.807) is 0 Å². The van der Waals surface area contributed by atoms with Crippen LogP contribution in [0, 0.1) is 10.1 Å². The molecule has 7 heteroatoms. The predicted molar refractivity (Wildman–Crippen MR) is 87.8 cm³/mol. The van der Waals surface area contributed by atoms with Gasteiger partial charge in [-0.1, -0.05) is 47.0 Å². The second kappa shape index (κ2) is 9.12. The summed E-state index contributed by atoms with van der Waals surface area (Å²) < 4.78 is 1.14. The average molecular weight is 411 g/mol. The van der Waals surface area contributed by atoms with Crippen molar-refractivity contribution < 1.29 is 9.72 Å². The molecule has 0 heterocycles. The van der Waals surface area contributed by atoms with Gasteiger partial charge in [0.2, 0.25) is 0 Å². The van der Waals surface area contributed by atoms with E-state index < -0.39 is 10.8 Å². The number of nitrogens with zero attached hydrogens (tertiary/aromatic N) is 1. The van der Waals surface area contributed by atoms with E-state index >= 15 is 0 Å². The third-order valence-corrected chi connectivity index (χ3v) is 3.74. The van der Waals surface area contributed by atoms with Crippen LogP contribution in [0.2, 0.25) is 5.02 Å². The van der Waals surface area contributed by atoms with Gasteiger partial charge < -0.3 is 5.32 Å². The number of hydrogen-bond acceptors (Lipinski definition) is 3. The van der Waals surface area contributed by atoms with E-state index in [1.165, 1.54) is 24.6 Å². The zero-order valence-corrected chi connectivity index (χ0v) is 13.8. The molecule has 0 radical (unpaired) electrons. The van der Waals surface area contributed by atoms with Crippen molar-refractivity contribution in [2.45, 2.75) is 25.7 Å². The summed E-state index contributed by atoms with van der Waals surface area (Å²) >= 11 is 8.04. The van der Waals surface area contributed by atoms with E-state index in [1.807, 2.05) is 0 Å². The highest BCUT2D eigenvalue weighted by Crippen LogP contribution is 2.23. The Morgan fingerprint density at radius 2 is 2.00 bits per heavy atom. The smallest absolute Gasteiger partial charge is 0.283 e. The third kappa shape index (κ3) is 5.62. The molecule has 0 saturated carbocycles. The molecule has 0 aliphatic heterocycles. The predicted octanol–water partition coefficient (Wildman–Crippen LogP) is 3.97. The molecule has 1 amide bonds. The van der Waals surface area contributed by atoms with E-state index in [2.05, 4.69) is 27.9 Å². The van der Waals surface area contributed by atoms with Crippen molar-refractivity contribution in [2.75, 3.05) is 11.0 Å². The first kappa shape index (κ1) is 17.2. The van der Waals surface area contributed by atoms with Gasteiger partial charge in [0.15, 0.2) is 0 Å². The maximum Gasteiger partial charge on any atom is 0.283 e. The summed E-state index contributed by atoms with van der Waals surface area (Å²) in [5, 5.41) is 13.8. The molecule has 0 spiro atoms. The summed E-state index contributed by atoms with van der Waals surface area (Å²) in [5.41, 5.74) is -0.216. The minimum atomic E-state index is -0.596. The largest absolute Gasteiger partial charge is 0.352 e. The van der Waals surface area contributed by atoms with Gasteiger partial charge in [-0.05, 0) is 29.4 Å². The second-order valence-corrected chi connectivity index (χ2v) is 5.79. The fourth-order valence-corrected chi connectivity index (χ4v) is 2.42. The van der Waals surface area contributed by atoms with Gasteiger partial charge in [-0.15, -0.1) is 0 Å². The number of nitro benzene ring substituents is 1. The fraction of sp³-hybridized carbons (Fsp3) is 0.462. The standard InChI is InChI=1S/C13H16ClIN2O3/c14-10-5-6-11(12(9-10)17(19)20)13(18)16-8-4-2-1-3-7-15/h5-6,9H,1-4,7-8H2,(H,16,18). The zero-order valence-electron chi connectivity index (χ0n) is 10.9. The summed E-state index contributed by atoms with van der Waals surface area (Å²) in [4.78, 5) is 22.2. The summed E-state index contributed by atoms with van der Waals surface area (Å²) in [7, 11) is 0. The van der Waals surface area contributed by atoms with Gasteiger partial charge in [0, 0.05) is 17.6 Å². The van der Waals surface area contributed by atoms with Crippen molar-refractivity contribution in [1.29, 1.82) is 0 Å². The van der Waals surface area contributed by atoms with Gasteiger partial charge in [-0.2, -0.15) is 0 Å². The topological polar surface area (TPSA) is 72.2 Å². The average Bonchev–Trinajstić information content (AvgIpc) is 2.42. The molecule has 0 unspecified atom stereocenters. The molecule has 110 valence electrons. The van der Waals surface area contributed by atoms with Crippen LogP contribution in [0.15, 0.2) is 18.2 Å². The highest BCUT2D eigenvalue weighted by molar-refractivity contribution is 14.1. The minimum Gasteiger partial charge on any atom is -0.352 e. The Labute approximate surface area is 136 Å². The fourth-order valence-electron chi connectivity index (χ4n) is 1.72. The molecule has 20 heavy (non-hydrogen) atoms. The van der Waals surface area contributed by atoms with Crippen molar-refractivity contribution in [3.8, 4) is 0 Å². The van der Waals surface area contributed by atoms with Crippen LogP contribution < -0.4 is 5.32 Å². The number of nitrogens with one attached hydrogen (secondary N) is 1. The highest BCUT2D eigenvalue weighted by atomic mass is 127.